The van der Waals surface area contributed by atoms with Crippen LogP contribution in [0.15, 0.2) is 42.5 Å². The van der Waals surface area contributed by atoms with E-state index in [9.17, 15) is 9.59 Å². The summed E-state index contributed by atoms with van der Waals surface area (Å²) >= 11 is 0. The predicted octanol–water partition coefficient (Wildman–Crippen LogP) is 4.58. The molecule has 2 aromatic rings. The molecule has 0 saturated heterocycles. The molecule has 0 aliphatic heterocycles. The monoisotopic (exact) mass is 304 g/mol. The van der Waals surface area contributed by atoms with Gasteiger partial charge in [-0.1, -0.05) is 61.7 Å². The lowest BCUT2D eigenvalue weighted by atomic mass is 9.78. The molecule has 0 aromatic heterocycles. The summed E-state index contributed by atoms with van der Waals surface area (Å²) in [5.74, 6) is 0.288. The zero-order chi connectivity index (χ0) is 15.8. The highest BCUT2D eigenvalue weighted by atomic mass is 16.1. The van der Waals surface area contributed by atoms with E-state index in [-0.39, 0.29) is 17.5 Å². The Kier molecular flexibility index (Phi) is 3.60. The summed E-state index contributed by atoms with van der Waals surface area (Å²) in [5.41, 5.74) is 4.11. The summed E-state index contributed by atoms with van der Waals surface area (Å²) < 4.78 is 0. The van der Waals surface area contributed by atoms with E-state index >= 15 is 0 Å². The summed E-state index contributed by atoms with van der Waals surface area (Å²) in [6.07, 6.45) is 6.15. The molecule has 2 aliphatic carbocycles. The second kappa shape index (κ2) is 5.77. The highest BCUT2D eigenvalue weighted by Crippen LogP contribution is 2.33. The van der Waals surface area contributed by atoms with E-state index < -0.39 is 0 Å². The number of Topliss-reactive ketones (excluding diaryl/α,β-unsaturated/α-hetero) is 1. The first-order chi connectivity index (χ1) is 11.3. The van der Waals surface area contributed by atoms with Crippen molar-refractivity contribution in [3.05, 3.63) is 70.3 Å². The zero-order valence-corrected chi connectivity index (χ0v) is 13.2. The molecule has 0 bridgehead atoms. The van der Waals surface area contributed by atoms with Crippen molar-refractivity contribution in [1.29, 1.82) is 0 Å². The molecule has 1 saturated carbocycles. The van der Waals surface area contributed by atoms with Crippen LogP contribution in [0.1, 0.15) is 69.5 Å². The molecule has 0 atom stereocenters. The molecule has 116 valence electrons. The Labute approximate surface area is 136 Å². The van der Waals surface area contributed by atoms with Gasteiger partial charge in [-0.2, -0.15) is 0 Å². The number of carbonyl (C=O) groups is 2. The summed E-state index contributed by atoms with van der Waals surface area (Å²) in [7, 11) is 0. The van der Waals surface area contributed by atoms with Crippen molar-refractivity contribution in [3.63, 3.8) is 0 Å². The third-order valence-corrected chi connectivity index (χ3v) is 5.26. The Morgan fingerprint density at radius 3 is 2.43 bits per heavy atom. The van der Waals surface area contributed by atoms with Crippen LogP contribution in [0.2, 0.25) is 0 Å². The van der Waals surface area contributed by atoms with Crippen LogP contribution in [0.5, 0.6) is 0 Å². The maximum absolute atomic E-state index is 13.0. The van der Waals surface area contributed by atoms with Gasteiger partial charge in [0.1, 0.15) is 0 Å². The number of hydrogen-bond acceptors (Lipinski definition) is 2. The van der Waals surface area contributed by atoms with Crippen LogP contribution in [0.3, 0.4) is 0 Å². The first-order valence-corrected chi connectivity index (χ1v) is 8.54. The summed E-state index contributed by atoms with van der Waals surface area (Å²) in [4.78, 5) is 25.9. The van der Waals surface area contributed by atoms with E-state index in [1.165, 1.54) is 6.42 Å². The highest BCUT2D eigenvalue weighted by Gasteiger charge is 2.30. The van der Waals surface area contributed by atoms with E-state index in [2.05, 4.69) is 0 Å². The van der Waals surface area contributed by atoms with Crippen LogP contribution in [-0.2, 0) is 6.42 Å². The van der Waals surface area contributed by atoms with Crippen molar-refractivity contribution in [1.82, 2.24) is 0 Å². The molecule has 0 N–H and O–H groups in total. The Morgan fingerprint density at radius 2 is 1.61 bits per heavy atom. The number of rotatable bonds is 2. The highest BCUT2D eigenvalue weighted by molar-refractivity contribution is 6.18. The van der Waals surface area contributed by atoms with Crippen molar-refractivity contribution in [3.8, 4) is 0 Å². The Morgan fingerprint density at radius 1 is 0.870 bits per heavy atom. The van der Waals surface area contributed by atoms with Crippen LogP contribution >= 0.6 is 0 Å². The normalized spacial score (nSPS) is 17.5. The van der Waals surface area contributed by atoms with Gasteiger partial charge in [0, 0.05) is 22.6 Å². The third kappa shape index (κ3) is 2.42. The number of hydrogen-bond donors (Lipinski definition) is 0. The van der Waals surface area contributed by atoms with E-state index in [1.54, 1.807) is 0 Å². The van der Waals surface area contributed by atoms with Gasteiger partial charge in [-0.05, 0) is 30.4 Å². The van der Waals surface area contributed by atoms with Gasteiger partial charge in [0.25, 0.3) is 0 Å². The Balaban J connectivity index is 1.77. The fourth-order valence-corrected chi connectivity index (χ4v) is 4.04. The number of benzene rings is 2. The molecule has 0 spiro atoms. The number of carbonyl (C=O) groups excluding carboxylic acids is 2. The van der Waals surface area contributed by atoms with Crippen molar-refractivity contribution in [2.45, 2.75) is 38.5 Å². The van der Waals surface area contributed by atoms with Gasteiger partial charge in [-0.25, -0.2) is 0 Å². The van der Waals surface area contributed by atoms with Crippen molar-refractivity contribution in [2.24, 2.45) is 5.92 Å². The van der Waals surface area contributed by atoms with Gasteiger partial charge in [-0.3, -0.25) is 9.59 Å². The van der Waals surface area contributed by atoms with Crippen molar-refractivity contribution >= 4 is 11.6 Å². The molecule has 4 rings (SSSR count). The van der Waals surface area contributed by atoms with Crippen LogP contribution in [0, 0.1) is 5.92 Å². The number of fused-ring (bicyclic) bond motifs is 2. The average molecular weight is 304 g/mol. The topological polar surface area (TPSA) is 34.1 Å². The van der Waals surface area contributed by atoms with Crippen LogP contribution < -0.4 is 0 Å². The standard InChI is InChI=1S/C21H20O2/c22-20(14-7-2-1-3-8-14)18-12-6-10-16-13-15-9-4-5-11-17(15)21(23)19(16)18/h4-6,9-12,14H,1-3,7-8,13H2. The molecule has 0 unspecified atom stereocenters. The smallest absolute Gasteiger partial charge is 0.194 e. The molecule has 0 radical (unpaired) electrons. The summed E-state index contributed by atoms with van der Waals surface area (Å²) in [6.45, 7) is 0. The summed E-state index contributed by atoms with van der Waals surface area (Å²) in [5, 5.41) is 0. The second-order valence-electron chi connectivity index (χ2n) is 6.70. The average Bonchev–Trinajstić information content (AvgIpc) is 2.61. The van der Waals surface area contributed by atoms with Crippen LogP contribution in [0.4, 0.5) is 0 Å². The van der Waals surface area contributed by atoms with E-state index in [1.807, 2.05) is 42.5 Å². The molecule has 0 amide bonds. The molecule has 2 aromatic carbocycles. The minimum atomic E-state index is 0.0154. The first kappa shape index (κ1) is 14.4. The molecule has 1 fully saturated rings. The minimum absolute atomic E-state index is 0.0154. The quantitative estimate of drug-likeness (QED) is 0.649. The molecule has 23 heavy (non-hydrogen) atoms. The van der Waals surface area contributed by atoms with Gasteiger partial charge in [0.15, 0.2) is 11.6 Å². The van der Waals surface area contributed by atoms with Gasteiger partial charge in [-0.15, -0.1) is 0 Å². The van der Waals surface area contributed by atoms with Gasteiger partial charge < -0.3 is 0 Å². The lowest BCUT2D eigenvalue weighted by molar-refractivity contribution is 0.0882. The van der Waals surface area contributed by atoms with E-state index in [0.29, 0.717) is 11.1 Å². The SMILES string of the molecule is O=C1c2ccccc2Cc2cccc(C(=O)C3CCCCC3)c21. The molecule has 0 heterocycles. The maximum atomic E-state index is 13.0. The molecule has 2 heteroatoms. The van der Waals surface area contributed by atoms with Gasteiger partial charge in [0.05, 0.1) is 0 Å². The predicted molar refractivity (Wildman–Crippen MR) is 90.0 cm³/mol. The fourth-order valence-electron chi connectivity index (χ4n) is 4.04. The summed E-state index contributed by atoms with van der Waals surface area (Å²) in [6, 6.07) is 13.5. The lowest BCUT2D eigenvalue weighted by Gasteiger charge is -2.24. The zero-order valence-electron chi connectivity index (χ0n) is 13.2. The van der Waals surface area contributed by atoms with Crippen molar-refractivity contribution < 1.29 is 9.59 Å². The minimum Gasteiger partial charge on any atom is -0.294 e. The Hall–Kier alpha value is -2.22. The number of ketones is 2. The van der Waals surface area contributed by atoms with Gasteiger partial charge >= 0.3 is 0 Å². The van der Waals surface area contributed by atoms with Crippen LogP contribution in [0.25, 0.3) is 0 Å². The molecular formula is C21H20O2. The second-order valence-corrected chi connectivity index (χ2v) is 6.70. The largest absolute Gasteiger partial charge is 0.294 e. The maximum Gasteiger partial charge on any atom is 0.194 e. The fraction of sp³-hybridized carbons (Fsp3) is 0.333. The van der Waals surface area contributed by atoms with E-state index in [0.717, 1.165) is 48.8 Å². The van der Waals surface area contributed by atoms with Crippen LogP contribution in [-0.4, -0.2) is 11.6 Å². The molecule has 2 aliphatic rings. The van der Waals surface area contributed by atoms with Crippen molar-refractivity contribution in [2.75, 3.05) is 0 Å². The lowest BCUT2D eigenvalue weighted by Crippen LogP contribution is -2.24. The Bertz CT molecular complexity index is 782. The first-order valence-electron chi connectivity index (χ1n) is 8.54. The molecule has 2 nitrogen and oxygen atoms in total. The third-order valence-electron chi connectivity index (χ3n) is 5.26. The van der Waals surface area contributed by atoms with Gasteiger partial charge in [0.2, 0.25) is 0 Å². The molecular weight excluding hydrogens is 284 g/mol. The van der Waals surface area contributed by atoms with E-state index in [4.69, 9.17) is 0 Å².